The van der Waals surface area contributed by atoms with Gasteiger partial charge in [0.1, 0.15) is 0 Å². The first-order valence-corrected chi connectivity index (χ1v) is 9.57. The molecule has 0 spiro atoms. The predicted octanol–water partition coefficient (Wildman–Crippen LogP) is 4.36. The molecule has 4 nitrogen and oxygen atoms in total. The number of hydrogen-bond donors (Lipinski definition) is 1. The molecule has 1 saturated heterocycles. The van der Waals surface area contributed by atoms with E-state index in [1.807, 2.05) is 6.92 Å². The lowest BCUT2D eigenvalue weighted by atomic mass is 10.0. The number of aryl methyl sites for hydroxylation is 1. The predicted molar refractivity (Wildman–Crippen MR) is 97.4 cm³/mol. The molecule has 0 aromatic carbocycles. The van der Waals surface area contributed by atoms with Crippen LogP contribution in [-0.2, 0) is 6.42 Å². The van der Waals surface area contributed by atoms with Crippen molar-refractivity contribution in [1.29, 1.82) is 0 Å². The van der Waals surface area contributed by atoms with E-state index in [0.29, 0.717) is 0 Å². The smallest absolute Gasteiger partial charge is 0.255 e. The van der Waals surface area contributed by atoms with E-state index < -0.39 is 0 Å². The maximum Gasteiger partial charge on any atom is 0.255 e. The Kier molecular flexibility index (Phi) is 7.63. The second-order valence-corrected chi connectivity index (χ2v) is 6.87. The number of unbranched alkanes of at least 4 members (excludes halogenated alkanes) is 7. The lowest BCUT2D eigenvalue weighted by Crippen LogP contribution is -2.26. The average molecular weight is 319 g/mol. The van der Waals surface area contributed by atoms with Crippen LogP contribution in [0.4, 0.5) is 5.95 Å². The summed E-state index contributed by atoms with van der Waals surface area (Å²) in [6.45, 7) is 6.26. The molecule has 1 aliphatic heterocycles. The summed E-state index contributed by atoms with van der Waals surface area (Å²) in [5.74, 6) is 0.768. The van der Waals surface area contributed by atoms with Crippen LogP contribution < -0.4 is 10.5 Å². The topological polar surface area (TPSA) is 49.0 Å². The van der Waals surface area contributed by atoms with E-state index >= 15 is 0 Å². The van der Waals surface area contributed by atoms with Crippen molar-refractivity contribution in [3.63, 3.8) is 0 Å². The monoisotopic (exact) mass is 319 g/mol. The van der Waals surface area contributed by atoms with Gasteiger partial charge in [-0.2, -0.15) is 0 Å². The molecular weight excluding hydrogens is 286 g/mol. The van der Waals surface area contributed by atoms with E-state index in [2.05, 4.69) is 21.8 Å². The summed E-state index contributed by atoms with van der Waals surface area (Å²) in [7, 11) is 0. The Morgan fingerprint density at radius 2 is 1.61 bits per heavy atom. The number of rotatable bonds is 10. The maximum absolute atomic E-state index is 12.3. The zero-order valence-electron chi connectivity index (χ0n) is 15.0. The van der Waals surface area contributed by atoms with E-state index in [-0.39, 0.29) is 5.56 Å². The highest BCUT2D eigenvalue weighted by Gasteiger charge is 2.16. The number of hydrogen-bond acceptors (Lipinski definition) is 3. The molecule has 0 amide bonds. The third-order valence-electron chi connectivity index (χ3n) is 4.90. The molecule has 2 rings (SSSR count). The molecule has 0 atom stereocenters. The molecule has 1 aromatic rings. The van der Waals surface area contributed by atoms with Crippen molar-refractivity contribution in [2.75, 3.05) is 18.0 Å². The Labute approximate surface area is 140 Å². The van der Waals surface area contributed by atoms with Crippen LogP contribution in [0.25, 0.3) is 0 Å². The second-order valence-electron chi connectivity index (χ2n) is 6.87. The lowest BCUT2D eigenvalue weighted by molar-refractivity contribution is 0.574. The highest BCUT2D eigenvalue weighted by atomic mass is 16.1. The molecule has 130 valence electrons. The van der Waals surface area contributed by atoms with Gasteiger partial charge < -0.3 is 4.90 Å². The van der Waals surface area contributed by atoms with Gasteiger partial charge in [0.05, 0.1) is 0 Å². The molecule has 1 N–H and O–H groups in total. The molecular formula is C19H33N3O. The number of aromatic amines is 1. The van der Waals surface area contributed by atoms with Crippen molar-refractivity contribution in [3.05, 3.63) is 21.6 Å². The van der Waals surface area contributed by atoms with Crippen LogP contribution in [0.2, 0.25) is 0 Å². The number of aromatic nitrogens is 2. The fraction of sp³-hybridized carbons (Fsp3) is 0.789. The SMILES string of the molecule is CCCCCCCCCCc1c(C)nc(N2CCCC2)[nH]c1=O. The first-order chi connectivity index (χ1) is 11.2. The molecule has 4 heteroatoms. The van der Waals surface area contributed by atoms with Crippen LogP contribution in [-0.4, -0.2) is 23.1 Å². The fourth-order valence-corrected chi connectivity index (χ4v) is 3.40. The summed E-state index contributed by atoms with van der Waals surface area (Å²) in [4.78, 5) is 22.2. The molecule has 0 aliphatic carbocycles. The van der Waals surface area contributed by atoms with E-state index in [9.17, 15) is 4.79 Å². The van der Waals surface area contributed by atoms with Crippen molar-refractivity contribution in [2.24, 2.45) is 0 Å². The van der Waals surface area contributed by atoms with Gasteiger partial charge in [-0.1, -0.05) is 51.9 Å². The van der Waals surface area contributed by atoms with Crippen LogP contribution in [0.1, 0.15) is 82.4 Å². The van der Waals surface area contributed by atoms with Crippen molar-refractivity contribution in [2.45, 2.75) is 84.5 Å². The summed E-state index contributed by atoms with van der Waals surface area (Å²) in [5, 5.41) is 0. The van der Waals surface area contributed by atoms with Crippen LogP contribution in [0, 0.1) is 6.92 Å². The minimum absolute atomic E-state index is 0.0716. The third-order valence-corrected chi connectivity index (χ3v) is 4.90. The van der Waals surface area contributed by atoms with Gasteiger partial charge in [-0.25, -0.2) is 4.98 Å². The highest BCUT2D eigenvalue weighted by molar-refractivity contribution is 5.34. The first kappa shape index (κ1) is 18.0. The zero-order chi connectivity index (χ0) is 16.5. The molecule has 0 saturated carbocycles. The quantitative estimate of drug-likeness (QED) is 0.652. The van der Waals surface area contributed by atoms with Gasteiger partial charge in [-0.05, 0) is 32.6 Å². The summed E-state index contributed by atoms with van der Waals surface area (Å²) in [6.07, 6.45) is 13.6. The van der Waals surface area contributed by atoms with Crippen LogP contribution >= 0.6 is 0 Å². The van der Waals surface area contributed by atoms with E-state index in [1.165, 1.54) is 57.8 Å². The zero-order valence-corrected chi connectivity index (χ0v) is 15.0. The molecule has 23 heavy (non-hydrogen) atoms. The Hall–Kier alpha value is -1.32. The molecule has 0 unspecified atom stereocenters. The molecule has 0 bridgehead atoms. The minimum Gasteiger partial charge on any atom is -0.342 e. The summed E-state index contributed by atoms with van der Waals surface area (Å²) < 4.78 is 0. The Bertz CT molecular complexity index is 518. The van der Waals surface area contributed by atoms with Crippen molar-refractivity contribution < 1.29 is 0 Å². The average Bonchev–Trinajstić information content (AvgIpc) is 3.06. The standard InChI is InChI=1S/C19H33N3O/c1-3-4-5-6-7-8-9-10-13-17-16(2)20-19(21-18(17)23)22-14-11-12-15-22/h3-15H2,1-2H3,(H,20,21,23). The summed E-state index contributed by atoms with van der Waals surface area (Å²) in [6, 6.07) is 0. The normalized spacial score (nSPS) is 14.6. The van der Waals surface area contributed by atoms with Gasteiger partial charge in [0.2, 0.25) is 5.95 Å². The highest BCUT2D eigenvalue weighted by Crippen LogP contribution is 2.16. The van der Waals surface area contributed by atoms with Gasteiger partial charge in [0.25, 0.3) is 5.56 Å². The number of nitrogens with zero attached hydrogens (tertiary/aromatic N) is 2. The minimum atomic E-state index is 0.0716. The molecule has 1 aliphatic rings. The summed E-state index contributed by atoms with van der Waals surface area (Å²) in [5.41, 5.74) is 1.87. The van der Waals surface area contributed by atoms with Crippen LogP contribution in [0.3, 0.4) is 0 Å². The van der Waals surface area contributed by atoms with E-state index in [0.717, 1.165) is 43.1 Å². The second kappa shape index (κ2) is 9.74. The van der Waals surface area contributed by atoms with E-state index in [4.69, 9.17) is 0 Å². The van der Waals surface area contributed by atoms with Crippen molar-refractivity contribution in [1.82, 2.24) is 9.97 Å². The Morgan fingerprint density at radius 3 is 2.22 bits per heavy atom. The molecule has 1 aromatic heterocycles. The number of nitrogens with one attached hydrogen (secondary N) is 1. The van der Waals surface area contributed by atoms with Gasteiger partial charge >= 0.3 is 0 Å². The lowest BCUT2D eigenvalue weighted by Gasteiger charge is -2.17. The fourth-order valence-electron chi connectivity index (χ4n) is 3.40. The molecule has 0 radical (unpaired) electrons. The van der Waals surface area contributed by atoms with Crippen LogP contribution in [0.15, 0.2) is 4.79 Å². The van der Waals surface area contributed by atoms with Crippen molar-refractivity contribution >= 4 is 5.95 Å². The molecule has 1 fully saturated rings. The van der Waals surface area contributed by atoms with Gasteiger partial charge in [-0.15, -0.1) is 0 Å². The Morgan fingerprint density at radius 1 is 1.00 bits per heavy atom. The largest absolute Gasteiger partial charge is 0.342 e. The van der Waals surface area contributed by atoms with Gasteiger partial charge in [-0.3, -0.25) is 9.78 Å². The van der Waals surface area contributed by atoms with Gasteiger partial charge in [0, 0.05) is 24.3 Å². The first-order valence-electron chi connectivity index (χ1n) is 9.57. The molecule has 2 heterocycles. The maximum atomic E-state index is 12.3. The summed E-state index contributed by atoms with van der Waals surface area (Å²) >= 11 is 0. The van der Waals surface area contributed by atoms with E-state index in [1.54, 1.807) is 0 Å². The van der Waals surface area contributed by atoms with Crippen LogP contribution in [0.5, 0.6) is 0 Å². The number of anilines is 1. The Balaban J connectivity index is 1.76. The van der Waals surface area contributed by atoms with Crippen molar-refractivity contribution in [3.8, 4) is 0 Å². The number of H-pyrrole nitrogens is 1. The van der Waals surface area contributed by atoms with Gasteiger partial charge in [0.15, 0.2) is 0 Å². The third kappa shape index (κ3) is 5.67.